The van der Waals surface area contributed by atoms with E-state index >= 15 is 0 Å². The van der Waals surface area contributed by atoms with Crippen molar-refractivity contribution in [3.63, 3.8) is 0 Å². The van der Waals surface area contributed by atoms with Crippen LogP contribution in [0.2, 0.25) is 0 Å². The monoisotopic (exact) mass is 226 g/mol. The molecule has 0 aromatic carbocycles. The standard InChI is InChI=1S/C10H14N2O4/c1-7(13)11-5-2-3-8-10(15)16-6-4-9(14)12(8)11/h8H,2-6H2,1H3. The molecule has 88 valence electrons. The van der Waals surface area contributed by atoms with Crippen molar-refractivity contribution in [1.29, 1.82) is 0 Å². The van der Waals surface area contributed by atoms with Crippen molar-refractivity contribution < 1.29 is 19.1 Å². The van der Waals surface area contributed by atoms with Gasteiger partial charge < -0.3 is 4.74 Å². The van der Waals surface area contributed by atoms with Crippen molar-refractivity contribution in [3.05, 3.63) is 0 Å². The lowest BCUT2D eigenvalue weighted by molar-refractivity contribution is -0.178. The lowest BCUT2D eigenvalue weighted by Crippen LogP contribution is -2.58. The van der Waals surface area contributed by atoms with Crippen LogP contribution in [0.5, 0.6) is 0 Å². The van der Waals surface area contributed by atoms with Gasteiger partial charge in [0.15, 0.2) is 6.04 Å². The van der Waals surface area contributed by atoms with Crippen molar-refractivity contribution in [3.8, 4) is 0 Å². The summed E-state index contributed by atoms with van der Waals surface area (Å²) in [5.74, 6) is -0.838. The van der Waals surface area contributed by atoms with E-state index in [2.05, 4.69) is 0 Å². The van der Waals surface area contributed by atoms with Gasteiger partial charge in [-0.1, -0.05) is 0 Å². The molecule has 2 heterocycles. The Morgan fingerprint density at radius 3 is 2.88 bits per heavy atom. The number of esters is 1. The number of cyclic esters (lactones) is 1. The second-order valence-electron chi connectivity index (χ2n) is 3.96. The van der Waals surface area contributed by atoms with E-state index in [0.717, 1.165) is 0 Å². The van der Waals surface area contributed by atoms with Gasteiger partial charge in [0, 0.05) is 13.5 Å². The van der Waals surface area contributed by atoms with Crippen LogP contribution in [-0.4, -0.2) is 47.0 Å². The van der Waals surface area contributed by atoms with E-state index < -0.39 is 12.0 Å². The first-order chi connectivity index (χ1) is 7.61. The molecule has 16 heavy (non-hydrogen) atoms. The molecule has 6 nitrogen and oxygen atoms in total. The van der Waals surface area contributed by atoms with E-state index in [4.69, 9.17) is 4.74 Å². The third-order valence-electron chi connectivity index (χ3n) is 2.85. The van der Waals surface area contributed by atoms with Crippen molar-refractivity contribution in [2.45, 2.75) is 32.2 Å². The largest absolute Gasteiger partial charge is 0.464 e. The van der Waals surface area contributed by atoms with Crippen LogP contribution in [0.25, 0.3) is 0 Å². The average Bonchev–Trinajstić information content (AvgIpc) is 2.40. The molecule has 0 radical (unpaired) electrons. The molecule has 1 atom stereocenters. The Balaban J connectivity index is 2.30. The van der Waals surface area contributed by atoms with E-state index in [0.29, 0.717) is 19.4 Å². The first kappa shape index (κ1) is 10.9. The maximum Gasteiger partial charge on any atom is 0.331 e. The maximum absolute atomic E-state index is 11.8. The van der Waals surface area contributed by atoms with Crippen LogP contribution < -0.4 is 0 Å². The zero-order valence-corrected chi connectivity index (χ0v) is 9.14. The number of carbonyl (C=O) groups excluding carboxylic acids is 3. The smallest absolute Gasteiger partial charge is 0.331 e. The Morgan fingerprint density at radius 1 is 1.44 bits per heavy atom. The molecule has 0 spiro atoms. The van der Waals surface area contributed by atoms with E-state index in [-0.39, 0.29) is 24.8 Å². The number of hydrogen-bond donors (Lipinski definition) is 0. The molecule has 0 saturated carbocycles. The first-order valence-electron chi connectivity index (χ1n) is 5.38. The summed E-state index contributed by atoms with van der Waals surface area (Å²) in [6, 6.07) is -0.618. The SMILES string of the molecule is CC(=O)N1CCCC2C(=O)OCCC(=O)N21. The van der Waals surface area contributed by atoms with Crippen LogP contribution in [0.3, 0.4) is 0 Å². The molecule has 6 heteroatoms. The fourth-order valence-electron chi connectivity index (χ4n) is 2.12. The normalized spacial score (nSPS) is 25.9. The Morgan fingerprint density at radius 2 is 2.19 bits per heavy atom. The number of nitrogens with zero attached hydrogens (tertiary/aromatic N) is 2. The quantitative estimate of drug-likeness (QED) is 0.531. The Kier molecular flexibility index (Phi) is 2.80. The zero-order valence-electron chi connectivity index (χ0n) is 9.14. The lowest BCUT2D eigenvalue weighted by atomic mass is 10.1. The van der Waals surface area contributed by atoms with Gasteiger partial charge in [0.2, 0.25) is 11.8 Å². The van der Waals surface area contributed by atoms with E-state index in [1.807, 2.05) is 0 Å². The molecule has 0 N–H and O–H groups in total. The van der Waals surface area contributed by atoms with E-state index in [1.54, 1.807) is 0 Å². The van der Waals surface area contributed by atoms with Gasteiger partial charge in [0.05, 0.1) is 6.42 Å². The number of rotatable bonds is 0. The van der Waals surface area contributed by atoms with Crippen LogP contribution in [0.4, 0.5) is 0 Å². The lowest BCUT2D eigenvalue weighted by Gasteiger charge is -2.41. The minimum atomic E-state index is -0.618. The first-order valence-corrected chi connectivity index (χ1v) is 5.38. The number of carbonyl (C=O) groups is 3. The highest BCUT2D eigenvalue weighted by atomic mass is 16.5. The summed E-state index contributed by atoms with van der Waals surface area (Å²) >= 11 is 0. The predicted octanol–water partition coefficient (Wildman–Crippen LogP) is -0.312. The summed E-state index contributed by atoms with van der Waals surface area (Å²) in [7, 11) is 0. The molecule has 0 bridgehead atoms. The molecule has 0 aromatic heterocycles. The van der Waals surface area contributed by atoms with Crippen LogP contribution in [-0.2, 0) is 19.1 Å². The van der Waals surface area contributed by atoms with E-state index in [9.17, 15) is 14.4 Å². The molecular formula is C10H14N2O4. The predicted molar refractivity (Wildman–Crippen MR) is 52.8 cm³/mol. The van der Waals surface area contributed by atoms with Gasteiger partial charge >= 0.3 is 5.97 Å². The highest BCUT2D eigenvalue weighted by Crippen LogP contribution is 2.22. The Bertz CT molecular complexity index is 342. The minimum Gasteiger partial charge on any atom is -0.464 e. The molecule has 2 aliphatic rings. The topological polar surface area (TPSA) is 66.9 Å². The van der Waals surface area contributed by atoms with Crippen molar-refractivity contribution in [1.82, 2.24) is 10.0 Å². The average molecular weight is 226 g/mol. The molecule has 2 amide bonds. The van der Waals surface area contributed by atoms with Gasteiger partial charge in [0.1, 0.15) is 6.61 Å². The maximum atomic E-state index is 11.8. The number of hydrazine groups is 1. The molecule has 2 aliphatic heterocycles. The molecule has 2 rings (SSSR count). The van der Waals surface area contributed by atoms with Crippen molar-refractivity contribution in [2.75, 3.05) is 13.2 Å². The summed E-state index contributed by atoms with van der Waals surface area (Å²) in [5, 5.41) is 2.63. The van der Waals surface area contributed by atoms with Gasteiger partial charge in [-0.3, -0.25) is 14.6 Å². The third kappa shape index (κ3) is 1.75. The molecular weight excluding hydrogens is 212 g/mol. The van der Waals surface area contributed by atoms with Crippen molar-refractivity contribution >= 4 is 17.8 Å². The molecule has 0 aromatic rings. The van der Waals surface area contributed by atoms with Gasteiger partial charge in [-0.2, -0.15) is 0 Å². The number of amides is 2. The van der Waals surface area contributed by atoms with E-state index in [1.165, 1.54) is 16.9 Å². The second kappa shape index (κ2) is 4.11. The second-order valence-corrected chi connectivity index (χ2v) is 3.96. The zero-order chi connectivity index (χ0) is 11.7. The van der Waals surface area contributed by atoms with Crippen molar-refractivity contribution in [2.24, 2.45) is 0 Å². The summed E-state index contributed by atoms with van der Waals surface area (Å²) in [5.41, 5.74) is 0. The highest BCUT2D eigenvalue weighted by molar-refractivity contribution is 5.88. The van der Waals surface area contributed by atoms with Gasteiger partial charge in [-0.15, -0.1) is 0 Å². The van der Waals surface area contributed by atoms with Crippen LogP contribution in [0.1, 0.15) is 26.2 Å². The molecule has 2 saturated heterocycles. The number of ether oxygens (including phenoxy) is 1. The van der Waals surface area contributed by atoms with Gasteiger partial charge in [0.25, 0.3) is 0 Å². The molecule has 2 fully saturated rings. The summed E-state index contributed by atoms with van der Waals surface area (Å²) in [4.78, 5) is 34.8. The Labute approximate surface area is 93.1 Å². The molecule has 1 unspecified atom stereocenters. The summed E-state index contributed by atoms with van der Waals surface area (Å²) in [6.45, 7) is 1.99. The van der Waals surface area contributed by atoms with Gasteiger partial charge in [-0.05, 0) is 12.8 Å². The summed E-state index contributed by atoms with van der Waals surface area (Å²) < 4.78 is 4.93. The fraction of sp³-hybridized carbons (Fsp3) is 0.700. The highest BCUT2D eigenvalue weighted by Gasteiger charge is 2.41. The molecule has 0 aliphatic carbocycles. The summed E-state index contributed by atoms with van der Waals surface area (Å²) in [6.07, 6.45) is 1.42. The Hall–Kier alpha value is -1.59. The van der Waals surface area contributed by atoms with Crippen LogP contribution >= 0.6 is 0 Å². The fourth-order valence-corrected chi connectivity index (χ4v) is 2.12. The van der Waals surface area contributed by atoms with Crippen LogP contribution in [0, 0.1) is 0 Å². The minimum absolute atomic E-state index is 0.108. The third-order valence-corrected chi connectivity index (χ3v) is 2.85. The van der Waals surface area contributed by atoms with Crippen LogP contribution in [0.15, 0.2) is 0 Å². The number of fused-ring (bicyclic) bond motifs is 1. The number of hydrogen-bond acceptors (Lipinski definition) is 4. The van der Waals surface area contributed by atoms with Gasteiger partial charge in [-0.25, -0.2) is 9.80 Å².